The molecule has 0 aliphatic heterocycles. The van der Waals surface area contributed by atoms with Crippen molar-refractivity contribution in [1.82, 2.24) is 4.98 Å². The molecule has 23 heavy (non-hydrogen) atoms. The van der Waals surface area contributed by atoms with E-state index in [2.05, 4.69) is 27.0 Å². The van der Waals surface area contributed by atoms with Gasteiger partial charge in [0.1, 0.15) is 11.1 Å². The van der Waals surface area contributed by atoms with Crippen LogP contribution in [0.25, 0.3) is 22.9 Å². The number of allylic oxidation sites excluding steroid dienone is 1. The van der Waals surface area contributed by atoms with Crippen molar-refractivity contribution in [2.75, 3.05) is 0 Å². The van der Waals surface area contributed by atoms with E-state index in [9.17, 15) is 5.26 Å². The second-order valence-electron chi connectivity index (χ2n) is 5.01. The van der Waals surface area contributed by atoms with Gasteiger partial charge in [0.25, 0.3) is 0 Å². The minimum atomic E-state index is 0.586. The Morgan fingerprint density at radius 2 is 1.83 bits per heavy atom. The molecule has 0 unspecified atom stereocenters. The smallest absolute Gasteiger partial charge is 0.134 e. The van der Waals surface area contributed by atoms with Crippen molar-refractivity contribution < 1.29 is 0 Å². The van der Waals surface area contributed by atoms with Crippen molar-refractivity contribution in [3.8, 4) is 17.3 Å². The number of aromatic nitrogens is 1. The molecule has 2 nitrogen and oxygen atoms in total. The van der Waals surface area contributed by atoms with Gasteiger partial charge in [-0.25, -0.2) is 4.98 Å². The van der Waals surface area contributed by atoms with Crippen molar-refractivity contribution in [1.29, 1.82) is 5.26 Å². The molecule has 0 fully saturated rings. The number of rotatable bonds is 3. The van der Waals surface area contributed by atoms with Gasteiger partial charge in [-0.15, -0.1) is 11.3 Å². The fourth-order valence-electron chi connectivity index (χ4n) is 2.24. The van der Waals surface area contributed by atoms with E-state index in [0.717, 1.165) is 31.2 Å². The molecule has 2 aromatic carbocycles. The van der Waals surface area contributed by atoms with Gasteiger partial charge in [0.15, 0.2) is 0 Å². The van der Waals surface area contributed by atoms with Gasteiger partial charge in [-0.1, -0.05) is 58.4 Å². The lowest BCUT2D eigenvalue weighted by molar-refractivity contribution is 1.34. The zero-order chi connectivity index (χ0) is 16.2. The molecule has 0 atom stereocenters. The summed E-state index contributed by atoms with van der Waals surface area (Å²) in [6, 6.07) is 20.2. The first kappa shape index (κ1) is 15.7. The third-order valence-electron chi connectivity index (χ3n) is 3.38. The van der Waals surface area contributed by atoms with Crippen LogP contribution < -0.4 is 0 Å². The predicted octanol–water partition coefficient (Wildman–Crippen LogP) is 5.95. The van der Waals surface area contributed by atoms with Gasteiger partial charge >= 0.3 is 0 Å². The molecule has 112 valence electrons. The lowest BCUT2D eigenvalue weighted by Crippen LogP contribution is -1.83. The van der Waals surface area contributed by atoms with Crippen LogP contribution in [0, 0.1) is 18.3 Å². The van der Waals surface area contributed by atoms with Crippen LogP contribution in [0.1, 0.15) is 15.4 Å². The van der Waals surface area contributed by atoms with Gasteiger partial charge in [-0.2, -0.15) is 5.26 Å². The monoisotopic (exact) mass is 380 g/mol. The lowest BCUT2D eigenvalue weighted by atomic mass is 10.1. The summed E-state index contributed by atoms with van der Waals surface area (Å²) >= 11 is 4.97. The first-order chi connectivity index (χ1) is 11.2. The Morgan fingerprint density at radius 3 is 2.48 bits per heavy atom. The minimum absolute atomic E-state index is 0.586. The highest BCUT2D eigenvalue weighted by Gasteiger charge is 2.12. The van der Waals surface area contributed by atoms with Gasteiger partial charge in [0.2, 0.25) is 0 Å². The zero-order valence-electron chi connectivity index (χ0n) is 12.5. The Bertz CT molecular complexity index is 887. The van der Waals surface area contributed by atoms with Crippen LogP contribution in [-0.4, -0.2) is 4.98 Å². The zero-order valence-corrected chi connectivity index (χ0v) is 14.9. The second kappa shape index (κ2) is 6.91. The summed E-state index contributed by atoms with van der Waals surface area (Å²) in [5.41, 5.74) is 3.59. The van der Waals surface area contributed by atoms with Gasteiger partial charge < -0.3 is 0 Å². The SMILES string of the molecule is Cc1sc(C(C#N)=Cc2ccc(Br)cc2)nc1-c1ccccc1. The van der Waals surface area contributed by atoms with Crippen LogP contribution in [0.4, 0.5) is 0 Å². The summed E-state index contributed by atoms with van der Waals surface area (Å²) in [7, 11) is 0. The molecule has 3 aromatic rings. The Balaban J connectivity index is 2.00. The number of hydrogen-bond donors (Lipinski definition) is 0. The Kier molecular flexibility index (Phi) is 4.71. The molecule has 1 aromatic heterocycles. The molecule has 0 aliphatic rings. The summed E-state index contributed by atoms with van der Waals surface area (Å²) in [4.78, 5) is 5.80. The molecular weight excluding hydrogens is 368 g/mol. The van der Waals surface area contributed by atoms with Crippen molar-refractivity contribution in [2.24, 2.45) is 0 Å². The number of hydrogen-bond acceptors (Lipinski definition) is 3. The van der Waals surface area contributed by atoms with Crippen molar-refractivity contribution in [2.45, 2.75) is 6.92 Å². The molecular formula is C19H13BrN2S. The highest BCUT2D eigenvalue weighted by Crippen LogP contribution is 2.31. The van der Waals surface area contributed by atoms with Crippen molar-refractivity contribution >= 4 is 38.9 Å². The molecule has 3 rings (SSSR count). The fourth-order valence-corrected chi connectivity index (χ4v) is 3.41. The molecule has 0 spiro atoms. The van der Waals surface area contributed by atoms with E-state index in [0.29, 0.717) is 5.57 Å². The normalized spacial score (nSPS) is 11.3. The van der Waals surface area contributed by atoms with Gasteiger partial charge in [-0.3, -0.25) is 0 Å². The minimum Gasteiger partial charge on any atom is -0.235 e. The Hall–Kier alpha value is -2.22. The average molecular weight is 381 g/mol. The lowest BCUT2D eigenvalue weighted by Gasteiger charge is -1.97. The van der Waals surface area contributed by atoms with E-state index in [1.807, 2.05) is 67.6 Å². The van der Waals surface area contributed by atoms with Crippen molar-refractivity contribution in [3.63, 3.8) is 0 Å². The summed E-state index contributed by atoms with van der Waals surface area (Å²) in [6.45, 7) is 2.04. The van der Waals surface area contributed by atoms with Crippen LogP contribution in [0.15, 0.2) is 59.1 Å². The number of aryl methyl sites for hydroxylation is 1. The first-order valence-corrected chi connectivity index (χ1v) is 8.69. The van der Waals surface area contributed by atoms with Crippen LogP contribution in [-0.2, 0) is 0 Å². The number of thiazole rings is 1. The Labute approximate surface area is 147 Å². The fraction of sp³-hybridized carbons (Fsp3) is 0.0526. The van der Waals surface area contributed by atoms with E-state index in [1.165, 1.54) is 0 Å². The summed E-state index contributed by atoms with van der Waals surface area (Å²) < 4.78 is 1.02. The van der Waals surface area contributed by atoms with E-state index in [4.69, 9.17) is 0 Å². The number of nitrogens with zero attached hydrogens (tertiary/aromatic N) is 2. The summed E-state index contributed by atoms with van der Waals surface area (Å²) in [5, 5.41) is 10.3. The Morgan fingerprint density at radius 1 is 1.13 bits per heavy atom. The topological polar surface area (TPSA) is 36.7 Å². The molecule has 0 amide bonds. The van der Waals surface area contributed by atoms with Gasteiger partial charge in [0, 0.05) is 14.9 Å². The average Bonchev–Trinajstić information content (AvgIpc) is 2.97. The van der Waals surface area contributed by atoms with E-state index >= 15 is 0 Å². The molecule has 0 aliphatic carbocycles. The highest BCUT2D eigenvalue weighted by molar-refractivity contribution is 9.10. The molecule has 0 saturated carbocycles. The van der Waals surface area contributed by atoms with Crippen LogP contribution in [0.5, 0.6) is 0 Å². The predicted molar refractivity (Wildman–Crippen MR) is 99.9 cm³/mol. The van der Waals surface area contributed by atoms with Crippen LogP contribution in [0.3, 0.4) is 0 Å². The third kappa shape index (κ3) is 3.58. The van der Waals surface area contributed by atoms with Crippen LogP contribution >= 0.6 is 27.3 Å². The van der Waals surface area contributed by atoms with Crippen LogP contribution in [0.2, 0.25) is 0 Å². The molecule has 4 heteroatoms. The third-order valence-corrected chi connectivity index (χ3v) is 4.91. The quantitative estimate of drug-likeness (QED) is 0.526. The summed E-state index contributed by atoms with van der Waals surface area (Å²) in [6.07, 6.45) is 1.87. The highest BCUT2D eigenvalue weighted by atomic mass is 79.9. The maximum absolute atomic E-state index is 9.51. The summed E-state index contributed by atoms with van der Waals surface area (Å²) in [5.74, 6) is 0. The van der Waals surface area contributed by atoms with Crippen molar-refractivity contribution in [3.05, 3.63) is 74.5 Å². The maximum atomic E-state index is 9.51. The molecule has 0 bridgehead atoms. The van der Waals surface area contributed by atoms with E-state index in [-0.39, 0.29) is 0 Å². The number of halogens is 1. The standard InChI is InChI=1S/C19H13BrN2S/c1-13-18(15-5-3-2-4-6-15)22-19(23-13)16(12-21)11-14-7-9-17(20)10-8-14/h2-11H,1H3. The number of benzene rings is 2. The van der Waals surface area contributed by atoms with Gasteiger partial charge in [0.05, 0.1) is 11.3 Å². The molecule has 1 heterocycles. The largest absolute Gasteiger partial charge is 0.235 e. The maximum Gasteiger partial charge on any atom is 0.134 e. The second-order valence-corrected chi connectivity index (χ2v) is 7.13. The molecule has 0 N–H and O–H groups in total. The molecule has 0 radical (unpaired) electrons. The first-order valence-electron chi connectivity index (χ1n) is 7.08. The number of nitriles is 1. The molecule has 0 saturated heterocycles. The van der Waals surface area contributed by atoms with E-state index in [1.54, 1.807) is 11.3 Å². The van der Waals surface area contributed by atoms with Gasteiger partial charge in [-0.05, 0) is 30.7 Å². The van der Waals surface area contributed by atoms with E-state index < -0.39 is 0 Å².